The topological polar surface area (TPSA) is 38.7 Å². The molecule has 3 heteroatoms. The SMILES string of the molecule is c1ccc(-c2cccc3c2nc(-c2cccc(-c4ccc(-c5cc(-c6ccc7ccccc7c6)nc(-c6ccc7ccccc7c6)n5)cc4)c2)c2ccc4ccccc4c23)cc1. The van der Waals surface area contributed by atoms with Crippen molar-refractivity contribution in [2.75, 3.05) is 0 Å². The zero-order valence-corrected chi connectivity index (χ0v) is 33.7. The molecule has 0 radical (unpaired) electrons. The van der Waals surface area contributed by atoms with Crippen LogP contribution in [0.4, 0.5) is 0 Å². The number of aromatic nitrogens is 3. The average Bonchev–Trinajstić information content (AvgIpc) is 3.35. The summed E-state index contributed by atoms with van der Waals surface area (Å²) in [5.41, 5.74) is 12.4. The van der Waals surface area contributed by atoms with Crippen LogP contribution in [0.1, 0.15) is 0 Å². The second-order valence-corrected chi connectivity index (χ2v) is 16.0. The summed E-state index contributed by atoms with van der Waals surface area (Å²) >= 11 is 0. The zero-order valence-electron chi connectivity index (χ0n) is 33.7. The number of fused-ring (bicyclic) bond motifs is 7. The van der Waals surface area contributed by atoms with Crippen LogP contribution in [0.3, 0.4) is 0 Å². The number of pyridine rings is 1. The Morgan fingerprint density at radius 1 is 0.258 bits per heavy atom. The van der Waals surface area contributed by atoms with E-state index in [1.807, 2.05) is 0 Å². The maximum atomic E-state index is 5.53. The second-order valence-electron chi connectivity index (χ2n) is 16.0. The molecule has 0 aliphatic rings. The van der Waals surface area contributed by atoms with Crippen molar-refractivity contribution in [2.24, 2.45) is 0 Å². The lowest BCUT2D eigenvalue weighted by Gasteiger charge is -2.16. The minimum Gasteiger partial charge on any atom is -0.246 e. The van der Waals surface area contributed by atoms with Crippen molar-refractivity contribution >= 4 is 54.0 Å². The molecule has 62 heavy (non-hydrogen) atoms. The lowest BCUT2D eigenvalue weighted by molar-refractivity contribution is 1.18. The van der Waals surface area contributed by atoms with Gasteiger partial charge in [-0.05, 0) is 73.3 Å². The second kappa shape index (κ2) is 14.8. The summed E-state index contributed by atoms with van der Waals surface area (Å²) in [6.07, 6.45) is 0. The van der Waals surface area contributed by atoms with Crippen LogP contribution in [0, 0.1) is 0 Å². The molecule has 2 heterocycles. The van der Waals surface area contributed by atoms with Crippen LogP contribution in [-0.2, 0) is 0 Å². The van der Waals surface area contributed by atoms with Gasteiger partial charge in [0.25, 0.3) is 0 Å². The molecule has 0 saturated carbocycles. The highest BCUT2D eigenvalue weighted by Gasteiger charge is 2.17. The van der Waals surface area contributed by atoms with E-state index in [1.54, 1.807) is 0 Å². The van der Waals surface area contributed by atoms with Crippen LogP contribution in [0.5, 0.6) is 0 Å². The van der Waals surface area contributed by atoms with Gasteiger partial charge in [0.05, 0.1) is 22.6 Å². The molecule has 0 fully saturated rings. The Labute approximate surface area is 359 Å². The minimum absolute atomic E-state index is 0.700. The van der Waals surface area contributed by atoms with E-state index in [-0.39, 0.29) is 0 Å². The number of para-hydroxylation sites is 1. The minimum atomic E-state index is 0.700. The molecule has 0 spiro atoms. The molecule has 288 valence electrons. The van der Waals surface area contributed by atoms with Gasteiger partial charge in [-0.1, -0.05) is 200 Å². The predicted molar refractivity (Wildman–Crippen MR) is 260 cm³/mol. The van der Waals surface area contributed by atoms with E-state index in [9.17, 15) is 0 Å². The monoisotopic (exact) mass is 787 g/mol. The maximum absolute atomic E-state index is 5.53. The summed E-state index contributed by atoms with van der Waals surface area (Å²) < 4.78 is 0. The van der Waals surface area contributed by atoms with E-state index >= 15 is 0 Å². The summed E-state index contributed by atoms with van der Waals surface area (Å²) in [6.45, 7) is 0. The summed E-state index contributed by atoms with van der Waals surface area (Å²) in [5, 5.41) is 10.7. The molecule has 0 unspecified atom stereocenters. The van der Waals surface area contributed by atoms with Crippen molar-refractivity contribution < 1.29 is 0 Å². The molecular weight excluding hydrogens is 751 g/mol. The standard InChI is InChI=1S/C59H37N3/c1-2-14-41(15-3-1)51-22-11-23-52-56-50-21-9-8-16-42(50)32-33-53(56)57(62-58(51)52)48-20-10-19-46(35-48)40-24-28-43(29-25-40)54-37-55(47-30-26-38-12-4-6-17-44(38)34-47)61-59(60-54)49-31-27-39-13-5-7-18-45(39)36-49/h1-37H. The fourth-order valence-electron chi connectivity index (χ4n) is 9.10. The van der Waals surface area contributed by atoms with Crippen molar-refractivity contribution in [2.45, 2.75) is 0 Å². The molecule has 0 saturated heterocycles. The molecule has 10 aromatic carbocycles. The Kier molecular flexibility index (Phi) is 8.50. The smallest absolute Gasteiger partial charge is 0.160 e. The number of rotatable bonds is 6. The number of benzene rings is 10. The van der Waals surface area contributed by atoms with Crippen molar-refractivity contribution in [3.05, 3.63) is 224 Å². The fraction of sp³-hybridized carbons (Fsp3) is 0. The molecule has 3 nitrogen and oxygen atoms in total. The Morgan fingerprint density at radius 2 is 0.806 bits per heavy atom. The van der Waals surface area contributed by atoms with Crippen LogP contribution in [0.25, 0.3) is 121 Å². The first-order valence-electron chi connectivity index (χ1n) is 21.1. The van der Waals surface area contributed by atoms with Crippen molar-refractivity contribution in [3.8, 4) is 67.4 Å². The van der Waals surface area contributed by atoms with Gasteiger partial charge >= 0.3 is 0 Å². The molecule has 0 bridgehead atoms. The van der Waals surface area contributed by atoms with Gasteiger partial charge in [0.2, 0.25) is 0 Å². The highest BCUT2D eigenvalue weighted by Crippen LogP contribution is 2.41. The van der Waals surface area contributed by atoms with E-state index in [4.69, 9.17) is 15.0 Å². The molecule has 0 atom stereocenters. The van der Waals surface area contributed by atoms with E-state index < -0.39 is 0 Å². The van der Waals surface area contributed by atoms with Crippen LogP contribution in [-0.4, -0.2) is 15.0 Å². The van der Waals surface area contributed by atoms with E-state index in [1.165, 1.54) is 32.3 Å². The van der Waals surface area contributed by atoms with Crippen LogP contribution in [0.2, 0.25) is 0 Å². The van der Waals surface area contributed by atoms with E-state index in [2.05, 4.69) is 224 Å². The van der Waals surface area contributed by atoms with Crippen LogP contribution < -0.4 is 0 Å². The van der Waals surface area contributed by atoms with Crippen molar-refractivity contribution in [1.29, 1.82) is 0 Å². The molecule has 0 aliphatic heterocycles. The Hall–Kier alpha value is -8.27. The van der Waals surface area contributed by atoms with Gasteiger partial charge < -0.3 is 0 Å². The van der Waals surface area contributed by atoms with Crippen LogP contribution in [0.15, 0.2) is 224 Å². The summed E-state index contributed by atoms with van der Waals surface area (Å²) in [6, 6.07) is 79.9. The number of hydrogen-bond acceptors (Lipinski definition) is 3. The number of hydrogen-bond donors (Lipinski definition) is 0. The van der Waals surface area contributed by atoms with Gasteiger partial charge in [-0.15, -0.1) is 0 Å². The first kappa shape index (κ1) is 35.7. The normalized spacial score (nSPS) is 11.5. The molecule has 2 aromatic heterocycles. The molecule has 0 N–H and O–H groups in total. The van der Waals surface area contributed by atoms with Gasteiger partial charge in [0, 0.05) is 44.0 Å². The fourth-order valence-corrected chi connectivity index (χ4v) is 9.10. The third-order valence-electron chi connectivity index (χ3n) is 12.2. The highest BCUT2D eigenvalue weighted by atomic mass is 14.9. The van der Waals surface area contributed by atoms with Gasteiger partial charge in [-0.2, -0.15) is 0 Å². The average molecular weight is 788 g/mol. The number of nitrogens with zero attached hydrogens (tertiary/aromatic N) is 3. The van der Waals surface area contributed by atoms with E-state index in [0.29, 0.717) is 5.82 Å². The summed E-state index contributed by atoms with van der Waals surface area (Å²) in [7, 11) is 0. The zero-order chi connectivity index (χ0) is 41.0. The molecule has 0 amide bonds. The first-order chi connectivity index (χ1) is 30.7. The quantitative estimate of drug-likeness (QED) is 0.158. The largest absolute Gasteiger partial charge is 0.246 e. The van der Waals surface area contributed by atoms with E-state index in [0.717, 1.165) is 83.3 Å². The van der Waals surface area contributed by atoms with Gasteiger partial charge in [-0.25, -0.2) is 15.0 Å². The van der Waals surface area contributed by atoms with Crippen molar-refractivity contribution in [1.82, 2.24) is 15.0 Å². The predicted octanol–water partition coefficient (Wildman–Crippen LogP) is 15.6. The molecule has 0 aliphatic carbocycles. The summed E-state index contributed by atoms with van der Waals surface area (Å²) in [4.78, 5) is 15.9. The first-order valence-corrected chi connectivity index (χ1v) is 21.1. The van der Waals surface area contributed by atoms with Crippen LogP contribution >= 0.6 is 0 Å². The lowest BCUT2D eigenvalue weighted by atomic mass is 9.92. The lowest BCUT2D eigenvalue weighted by Crippen LogP contribution is -1.96. The third-order valence-corrected chi connectivity index (χ3v) is 12.2. The Morgan fingerprint density at radius 3 is 1.58 bits per heavy atom. The molecule has 12 aromatic rings. The Bertz CT molecular complexity index is 3590. The maximum Gasteiger partial charge on any atom is 0.160 e. The molecular formula is C59H37N3. The van der Waals surface area contributed by atoms with Gasteiger partial charge in [-0.3, -0.25) is 0 Å². The van der Waals surface area contributed by atoms with Gasteiger partial charge in [0.1, 0.15) is 0 Å². The van der Waals surface area contributed by atoms with Crippen molar-refractivity contribution in [3.63, 3.8) is 0 Å². The summed E-state index contributed by atoms with van der Waals surface area (Å²) in [5.74, 6) is 0.700. The molecule has 12 rings (SSSR count). The third kappa shape index (κ3) is 6.27. The van der Waals surface area contributed by atoms with Gasteiger partial charge in [0.15, 0.2) is 5.82 Å². The Balaban J connectivity index is 0.970. The highest BCUT2D eigenvalue weighted by molar-refractivity contribution is 6.24.